The molecule has 0 saturated heterocycles. The molecule has 0 radical (unpaired) electrons. The molecule has 0 bridgehead atoms. The van der Waals surface area contributed by atoms with E-state index in [1.54, 1.807) is 0 Å². The summed E-state index contributed by atoms with van der Waals surface area (Å²) in [4.78, 5) is 0. The first-order valence-electron chi connectivity index (χ1n) is 11.8. The van der Waals surface area contributed by atoms with E-state index in [0.29, 0.717) is 5.56 Å². The van der Waals surface area contributed by atoms with Gasteiger partial charge in [-0.1, -0.05) is 78.1 Å². The summed E-state index contributed by atoms with van der Waals surface area (Å²) in [7, 11) is 0. The largest absolute Gasteiger partial charge is 0.507 e. The fraction of sp³-hybridized carbons (Fsp3) is 0.760. The summed E-state index contributed by atoms with van der Waals surface area (Å²) in [5.41, 5.74) is 2.59. The number of phenolic OH excluding ortho intramolecular Hbond substituents is 2. The van der Waals surface area contributed by atoms with E-state index in [4.69, 9.17) is 0 Å². The number of aromatic hydroxyl groups is 2. The smallest absolute Gasteiger partial charge is 0.126 e. The molecule has 0 spiro atoms. The summed E-state index contributed by atoms with van der Waals surface area (Å²) in [5, 5.41) is 20.9. The van der Waals surface area contributed by atoms with Crippen LogP contribution < -0.4 is 0 Å². The van der Waals surface area contributed by atoms with Gasteiger partial charge in [0.05, 0.1) is 0 Å². The van der Waals surface area contributed by atoms with Crippen molar-refractivity contribution in [1.29, 1.82) is 0 Å². The maximum Gasteiger partial charge on any atom is 0.126 e. The van der Waals surface area contributed by atoms with Crippen LogP contribution in [0.2, 0.25) is 0 Å². The minimum atomic E-state index is 0.280. The van der Waals surface area contributed by atoms with Crippen molar-refractivity contribution < 1.29 is 10.2 Å². The van der Waals surface area contributed by atoms with E-state index in [-0.39, 0.29) is 11.5 Å². The Labute approximate surface area is 188 Å². The molecular weight excluding hydrogens is 396 g/mol. The summed E-state index contributed by atoms with van der Waals surface area (Å²) in [6.45, 7) is 6.33. The number of phenols is 2. The third kappa shape index (κ3) is 11.5. The molecule has 0 aliphatic rings. The van der Waals surface area contributed by atoms with Gasteiger partial charge in [0.25, 0.3) is 0 Å². The molecule has 168 valence electrons. The quantitative estimate of drug-likeness (QED) is 0.224. The van der Waals surface area contributed by atoms with E-state index in [9.17, 15) is 10.2 Å². The highest BCUT2D eigenvalue weighted by Gasteiger charge is 2.14. The van der Waals surface area contributed by atoms with Gasteiger partial charge in [-0.2, -0.15) is 23.5 Å². The van der Waals surface area contributed by atoms with E-state index in [1.807, 2.05) is 36.5 Å². The fourth-order valence-corrected chi connectivity index (χ4v) is 5.48. The van der Waals surface area contributed by atoms with Crippen LogP contribution in [-0.2, 0) is 11.5 Å². The van der Waals surface area contributed by atoms with Gasteiger partial charge in [-0.25, -0.2) is 0 Å². The van der Waals surface area contributed by atoms with Crippen molar-refractivity contribution in [3.8, 4) is 11.5 Å². The maximum atomic E-state index is 10.4. The van der Waals surface area contributed by atoms with Gasteiger partial charge in [-0.15, -0.1) is 0 Å². The third-order valence-electron chi connectivity index (χ3n) is 5.47. The zero-order valence-electron chi connectivity index (χ0n) is 19.1. The predicted molar refractivity (Wildman–Crippen MR) is 134 cm³/mol. The normalized spacial score (nSPS) is 11.3. The first kappa shape index (κ1) is 26.6. The zero-order valence-corrected chi connectivity index (χ0v) is 20.7. The van der Waals surface area contributed by atoms with Crippen LogP contribution in [0.5, 0.6) is 11.5 Å². The average Bonchev–Trinajstić information content (AvgIpc) is 2.72. The minimum Gasteiger partial charge on any atom is -0.507 e. The Morgan fingerprint density at radius 3 is 1.41 bits per heavy atom. The Hall–Kier alpha value is -0.480. The van der Waals surface area contributed by atoms with Crippen molar-refractivity contribution in [3.63, 3.8) is 0 Å². The van der Waals surface area contributed by atoms with Crippen LogP contribution in [0.25, 0.3) is 0 Å². The minimum absolute atomic E-state index is 0.280. The Balaban J connectivity index is 2.35. The summed E-state index contributed by atoms with van der Waals surface area (Å²) >= 11 is 3.80. The number of hydrogen-bond donors (Lipinski definition) is 2. The topological polar surface area (TPSA) is 40.5 Å². The Bertz CT molecular complexity index is 502. The SMILES string of the molecule is CCCCCCCCSCc1cc(CSCCCCCCCC)c(O)c(C)c1O. The molecule has 1 aromatic rings. The zero-order chi connectivity index (χ0) is 21.3. The standard InChI is InChI=1S/C25H44O2S2/c1-4-6-8-10-12-14-16-28-19-22-18-23(25(27)21(3)24(22)26)20-29-17-15-13-11-9-7-5-2/h18,26-27H,4-17,19-20H2,1-3H3. The van der Waals surface area contributed by atoms with Crippen molar-refractivity contribution in [1.82, 2.24) is 0 Å². The van der Waals surface area contributed by atoms with Crippen molar-refractivity contribution in [2.45, 2.75) is 109 Å². The molecule has 2 nitrogen and oxygen atoms in total. The van der Waals surface area contributed by atoms with Crippen LogP contribution in [0.15, 0.2) is 6.07 Å². The molecule has 0 saturated carbocycles. The van der Waals surface area contributed by atoms with Gasteiger partial charge in [-0.05, 0) is 37.3 Å². The van der Waals surface area contributed by atoms with E-state index in [2.05, 4.69) is 13.8 Å². The van der Waals surface area contributed by atoms with Gasteiger partial charge >= 0.3 is 0 Å². The molecule has 0 amide bonds. The molecule has 0 aliphatic carbocycles. The van der Waals surface area contributed by atoms with Gasteiger partial charge in [0, 0.05) is 28.2 Å². The summed E-state index contributed by atoms with van der Waals surface area (Å²) in [5.74, 6) is 4.51. The van der Waals surface area contributed by atoms with E-state index in [1.165, 1.54) is 77.0 Å². The highest BCUT2D eigenvalue weighted by molar-refractivity contribution is 7.98. The molecule has 0 atom stereocenters. The van der Waals surface area contributed by atoms with Crippen molar-refractivity contribution in [2.24, 2.45) is 0 Å². The van der Waals surface area contributed by atoms with E-state index >= 15 is 0 Å². The highest BCUT2D eigenvalue weighted by Crippen LogP contribution is 2.37. The molecule has 0 unspecified atom stereocenters. The van der Waals surface area contributed by atoms with E-state index in [0.717, 1.165) is 34.1 Å². The van der Waals surface area contributed by atoms with Gasteiger partial charge in [0.2, 0.25) is 0 Å². The lowest BCUT2D eigenvalue weighted by Crippen LogP contribution is -1.94. The predicted octanol–water partition coefficient (Wildman–Crippen LogP) is 8.59. The van der Waals surface area contributed by atoms with Crippen molar-refractivity contribution in [3.05, 3.63) is 22.8 Å². The van der Waals surface area contributed by atoms with Gasteiger partial charge in [0.15, 0.2) is 0 Å². The molecule has 1 rings (SSSR count). The first-order valence-corrected chi connectivity index (χ1v) is 14.1. The van der Waals surface area contributed by atoms with Crippen LogP contribution in [0.1, 0.15) is 108 Å². The molecule has 0 fully saturated rings. The van der Waals surface area contributed by atoms with Crippen LogP contribution in [-0.4, -0.2) is 21.7 Å². The summed E-state index contributed by atoms with van der Waals surface area (Å²) in [6.07, 6.45) is 15.9. The molecule has 0 heterocycles. The second-order valence-corrected chi connectivity index (χ2v) is 10.4. The Morgan fingerprint density at radius 1 is 0.621 bits per heavy atom. The second-order valence-electron chi connectivity index (χ2n) is 8.16. The van der Waals surface area contributed by atoms with Gasteiger partial charge < -0.3 is 10.2 Å². The first-order chi connectivity index (χ1) is 14.1. The highest BCUT2D eigenvalue weighted by atomic mass is 32.2. The van der Waals surface area contributed by atoms with E-state index < -0.39 is 0 Å². The molecule has 0 aliphatic heterocycles. The fourth-order valence-electron chi connectivity index (χ4n) is 3.49. The summed E-state index contributed by atoms with van der Waals surface area (Å²) in [6, 6.07) is 2.03. The Morgan fingerprint density at radius 2 is 1.00 bits per heavy atom. The van der Waals surface area contributed by atoms with Crippen molar-refractivity contribution in [2.75, 3.05) is 11.5 Å². The average molecular weight is 441 g/mol. The van der Waals surface area contributed by atoms with Crippen LogP contribution in [0.4, 0.5) is 0 Å². The lowest BCUT2D eigenvalue weighted by atomic mass is 10.1. The molecule has 1 aromatic carbocycles. The third-order valence-corrected chi connectivity index (χ3v) is 7.65. The number of unbranched alkanes of at least 4 members (excludes halogenated alkanes) is 10. The lowest BCUT2D eigenvalue weighted by molar-refractivity contribution is 0.437. The molecule has 4 heteroatoms. The molecule has 2 N–H and O–H groups in total. The summed E-state index contributed by atoms with van der Waals surface area (Å²) < 4.78 is 0. The van der Waals surface area contributed by atoms with Crippen LogP contribution >= 0.6 is 23.5 Å². The maximum absolute atomic E-state index is 10.4. The monoisotopic (exact) mass is 440 g/mol. The van der Waals surface area contributed by atoms with Crippen molar-refractivity contribution >= 4 is 23.5 Å². The van der Waals surface area contributed by atoms with Crippen LogP contribution in [0, 0.1) is 6.92 Å². The van der Waals surface area contributed by atoms with Crippen LogP contribution in [0.3, 0.4) is 0 Å². The number of thioether (sulfide) groups is 2. The van der Waals surface area contributed by atoms with Gasteiger partial charge in [0.1, 0.15) is 11.5 Å². The number of hydrogen-bond acceptors (Lipinski definition) is 4. The molecular formula is C25H44O2S2. The Kier molecular flexibility index (Phi) is 15.8. The lowest BCUT2D eigenvalue weighted by Gasteiger charge is -2.14. The second kappa shape index (κ2) is 17.2. The number of rotatable bonds is 18. The molecule has 0 aromatic heterocycles. The van der Waals surface area contributed by atoms with Gasteiger partial charge in [-0.3, -0.25) is 0 Å². The number of benzene rings is 1. The molecule has 29 heavy (non-hydrogen) atoms.